The van der Waals surface area contributed by atoms with Gasteiger partial charge in [0, 0.05) is 23.7 Å². The molecule has 0 spiro atoms. The van der Waals surface area contributed by atoms with Crippen LogP contribution in [-0.4, -0.2) is 44.8 Å². The van der Waals surface area contributed by atoms with Crippen LogP contribution in [0, 0.1) is 24.2 Å². The molecule has 2 aromatic heterocycles. The normalized spacial score (nSPS) is 22.1. The second-order valence-electron chi connectivity index (χ2n) is 7.99. The molecule has 0 aromatic carbocycles. The van der Waals surface area contributed by atoms with E-state index in [0.717, 1.165) is 30.6 Å². The molecule has 3 rings (SSSR count). The van der Waals surface area contributed by atoms with Crippen molar-refractivity contribution in [1.29, 1.82) is 5.26 Å². The number of alkyl halides is 1. The summed E-state index contributed by atoms with van der Waals surface area (Å²) in [6.45, 7) is 6.08. The zero-order valence-corrected chi connectivity index (χ0v) is 18.1. The van der Waals surface area contributed by atoms with Gasteiger partial charge in [-0.1, -0.05) is 0 Å². The van der Waals surface area contributed by atoms with E-state index in [1.807, 2.05) is 27.8 Å². The zero-order valence-electron chi connectivity index (χ0n) is 17.3. The van der Waals surface area contributed by atoms with Gasteiger partial charge in [-0.05, 0) is 53.0 Å². The maximum Gasteiger partial charge on any atom is 0.230 e. The van der Waals surface area contributed by atoms with Crippen LogP contribution in [-0.2, 0) is 5.54 Å². The summed E-state index contributed by atoms with van der Waals surface area (Å²) in [6.07, 6.45) is 6.51. The Bertz CT molecular complexity index is 876. The first-order valence-corrected chi connectivity index (χ1v) is 10.3. The molecule has 8 nitrogen and oxygen atoms in total. The van der Waals surface area contributed by atoms with E-state index in [2.05, 4.69) is 31.8 Å². The van der Waals surface area contributed by atoms with Gasteiger partial charge in [-0.3, -0.25) is 4.68 Å². The van der Waals surface area contributed by atoms with Crippen molar-refractivity contribution >= 4 is 23.2 Å². The Morgan fingerprint density at radius 1 is 1.41 bits per heavy atom. The van der Waals surface area contributed by atoms with Gasteiger partial charge in [0.2, 0.25) is 11.8 Å². The van der Waals surface area contributed by atoms with Gasteiger partial charge >= 0.3 is 0 Å². The van der Waals surface area contributed by atoms with Crippen molar-refractivity contribution in [2.75, 3.05) is 19.0 Å². The first kappa shape index (κ1) is 21.3. The molecule has 2 heterocycles. The van der Waals surface area contributed by atoms with Crippen LogP contribution in [0.1, 0.15) is 38.8 Å². The first-order valence-electron chi connectivity index (χ1n) is 9.84. The maximum atomic E-state index is 9.30. The Kier molecular flexibility index (Phi) is 6.60. The smallest absolute Gasteiger partial charge is 0.230 e. The number of aryl methyl sites for hydroxylation is 1. The molecule has 156 valence electrons. The predicted octanol–water partition coefficient (Wildman–Crippen LogP) is 3.36. The minimum atomic E-state index is -0.733. The molecule has 0 radical (unpaired) electrons. The lowest BCUT2D eigenvalue weighted by Gasteiger charge is -2.32. The molecule has 29 heavy (non-hydrogen) atoms. The number of rotatable bonds is 7. The largest absolute Gasteiger partial charge is 0.477 e. The van der Waals surface area contributed by atoms with Gasteiger partial charge in [-0.15, -0.1) is 11.6 Å². The molecular formula is C20H28ClN7O. The van der Waals surface area contributed by atoms with Crippen LogP contribution in [0.2, 0.25) is 0 Å². The number of nitriles is 1. The number of anilines is 2. The molecule has 1 aliphatic carbocycles. The summed E-state index contributed by atoms with van der Waals surface area (Å²) >= 11 is 6.45. The Labute approximate surface area is 176 Å². The number of aromatic nitrogens is 4. The molecule has 1 fully saturated rings. The van der Waals surface area contributed by atoms with E-state index >= 15 is 0 Å². The summed E-state index contributed by atoms with van der Waals surface area (Å²) in [6, 6.07) is 4.36. The topological polar surface area (TPSA) is 101 Å². The number of halogens is 1. The summed E-state index contributed by atoms with van der Waals surface area (Å²) in [4.78, 5) is 8.71. The minimum absolute atomic E-state index is 0.127. The van der Waals surface area contributed by atoms with E-state index in [0.29, 0.717) is 30.4 Å². The van der Waals surface area contributed by atoms with E-state index in [1.165, 1.54) is 0 Å². The number of nitrogens with one attached hydrogen (secondary N) is 2. The quantitative estimate of drug-likeness (QED) is 0.666. The summed E-state index contributed by atoms with van der Waals surface area (Å²) < 4.78 is 7.55. The van der Waals surface area contributed by atoms with Crippen molar-refractivity contribution in [2.24, 2.45) is 5.92 Å². The molecule has 0 unspecified atom stereocenters. The van der Waals surface area contributed by atoms with Gasteiger partial charge < -0.3 is 15.4 Å². The minimum Gasteiger partial charge on any atom is -0.477 e. The second-order valence-corrected chi connectivity index (χ2v) is 8.55. The fraction of sp³-hybridized carbons (Fsp3) is 0.600. The third-order valence-electron chi connectivity index (χ3n) is 5.34. The molecule has 0 amide bonds. The second kappa shape index (κ2) is 8.97. The van der Waals surface area contributed by atoms with Crippen molar-refractivity contribution in [1.82, 2.24) is 25.1 Å². The fourth-order valence-electron chi connectivity index (χ4n) is 3.40. The van der Waals surface area contributed by atoms with Crippen LogP contribution in [0.3, 0.4) is 0 Å². The van der Waals surface area contributed by atoms with Crippen LogP contribution in [0.4, 0.5) is 11.6 Å². The number of hydrogen-bond acceptors (Lipinski definition) is 7. The highest BCUT2D eigenvalue weighted by Crippen LogP contribution is 2.29. The van der Waals surface area contributed by atoms with Crippen LogP contribution in [0.15, 0.2) is 18.5 Å². The molecule has 3 atom stereocenters. The number of ether oxygens (including phenoxy) is 1. The van der Waals surface area contributed by atoms with Gasteiger partial charge in [-0.25, -0.2) is 4.98 Å². The lowest BCUT2D eigenvalue weighted by molar-refractivity contribution is 0.191. The number of nitrogens with zero attached hydrogens (tertiary/aromatic N) is 5. The van der Waals surface area contributed by atoms with E-state index in [1.54, 1.807) is 23.1 Å². The predicted molar refractivity (Wildman–Crippen MR) is 113 cm³/mol. The maximum absolute atomic E-state index is 9.30. The summed E-state index contributed by atoms with van der Waals surface area (Å²) in [5.41, 5.74) is 0.779. The van der Waals surface area contributed by atoms with Gasteiger partial charge in [0.1, 0.15) is 5.54 Å². The summed E-state index contributed by atoms with van der Waals surface area (Å²) in [5.74, 6) is 1.36. The Morgan fingerprint density at radius 3 is 2.90 bits per heavy atom. The zero-order chi connectivity index (χ0) is 21.0. The fourth-order valence-corrected chi connectivity index (χ4v) is 3.90. The van der Waals surface area contributed by atoms with Crippen molar-refractivity contribution in [3.05, 3.63) is 24.2 Å². The van der Waals surface area contributed by atoms with Gasteiger partial charge in [0.15, 0.2) is 0 Å². The molecule has 0 bridgehead atoms. The third kappa shape index (κ3) is 5.17. The Balaban J connectivity index is 1.61. The highest BCUT2D eigenvalue weighted by atomic mass is 35.5. The van der Waals surface area contributed by atoms with Gasteiger partial charge in [-0.2, -0.15) is 15.3 Å². The van der Waals surface area contributed by atoms with Gasteiger partial charge in [0.05, 0.1) is 30.3 Å². The van der Waals surface area contributed by atoms with E-state index < -0.39 is 5.54 Å². The number of hydrogen-bond donors (Lipinski definition) is 2. The molecule has 0 saturated heterocycles. The van der Waals surface area contributed by atoms with E-state index in [-0.39, 0.29) is 5.38 Å². The lowest BCUT2D eigenvalue weighted by atomic mass is 9.86. The van der Waals surface area contributed by atoms with Crippen molar-refractivity contribution in [2.45, 2.75) is 57.0 Å². The molecule has 1 saturated carbocycles. The Hall–Kier alpha value is -2.37. The van der Waals surface area contributed by atoms with E-state index in [9.17, 15) is 5.26 Å². The van der Waals surface area contributed by atoms with Crippen molar-refractivity contribution < 1.29 is 4.74 Å². The molecule has 2 N–H and O–H groups in total. The van der Waals surface area contributed by atoms with Crippen LogP contribution in [0.25, 0.3) is 0 Å². The average molecular weight is 418 g/mol. The summed E-state index contributed by atoms with van der Waals surface area (Å²) in [7, 11) is 1.96. The standard InChI is InChI=1S/C20H28ClN7O/c1-13-17(10-28(27-13)20(2,3)12-22)25-19-24-8-7-18(26-19)29-11-14-5-6-16(23-4)15(21)9-14/h7-8,10,14-16,23H,5-6,9,11H2,1-4H3,(H,24,25,26)/t14-,15-,16-/m1/s1. The SMILES string of the molecule is CN[C@@H]1CC[C@@H](COc2ccnc(Nc3cn(C(C)(C)C#N)nc3C)n2)C[C@H]1Cl. The van der Waals surface area contributed by atoms with Gasteiger partial charge in [0.25, 0.3) is 0 Å². The molecule has 9 heteroatoms. The summed E-state index contributed by atoms with van der Waals surface area (Å²) in [5, 5.41) is 20.3. The molecular weight excluding hydrogens is 390 g/mol. The monoisotopic (exact) mass is 417 g/mol. The van der Waals surface area contributed by atoms with Crippen LogP contribution < -0.4 is 15.4 Å². The first-order chi connectivity index (χ1) is 13.8. The molecule has 1 aliphatic rings. The van der Waals surface area contributed by atoms with Crippen LogP contribution in [0.5, 0.6) is 5.88 Å². The highest BCUT2D eigenvalue weighted by molar-refractivity contribution is 6.21. The van der Waals surface area contributed by atoms with Crippen molar-refractivity contribution in [3.8, 4) is 11.9 Å². The molecule has 0 aliphatic heterocycles. The van der Waals surface area contributed by atoms with Crippen molar-refractivity contribution in [3.63, 3.8) is 0 Å². The average Bonchev–Trinajstić information content (AvgIpc) is 3.08. The lowest BCUT2D eigenvalue weighted by Crippen LogP contribution is -2.40. The Morgan fingerprint density at radius 2 is 2.21 bits per heavy atom. The third-order valence-corrected chi connectivity index (χ3v) is 5.82. The molecule has 2 aromatic rings. The van der Waals surface area contributed by atoms with Crippen LogP contribution >= 0.6 is 11.6 Å². The van der Waals surface area contributed by atoms with E-state index in [4.69, 9.17) is 16.3 Å². The highest BCUT2D eigenvalue weighted by Gasteiger charge is 2.28.